The van der Waals surface area contributed by atoms with Crippen LogP contribution < -0.4 is 10.6 Å². The third-order valence-corrected chi connectivity index (χ3v) is 5.82. The average molecular weight is 474 g/mol. The van der Waals surface area contributed by atoms with E-state index in [0.717, 1.165) is 31.2 Å². The van der Waals surface area contributed by atoms with Crippen molar-refractivity contribution in [3.63, 3.8) is 0 Å². The zero-order valence-electron chi connectivity index (χ0n) is 17.6. The van der Waals surface area contributed by atoms with Crippen molar-refractivity contribution in [1.29, 1.82) is 0 Å². The summed E-state index contributed by atoms with van der Waals surface area (Å²) in [6.07, 6.45) is -6.91. The van der Waals surface area contributed by atoms with Gasteiger partial charge in [-0.2, -0.15) is 26.3 Å². The summed E-state index contributed by atoms with van der Waals surface area (Å²) in [6, 6.07) is 8.09. The lowest BCUT2D eigenvalue weighted by Crippen LogP contribution is -2.36. The summed E-state index contributed by atoms with van der Waals surface area (Å²) in [5.41, 5.74) is -2.92. The largest absolute Gasteiger partial charge is 0.508 e. The minimum absolute atomic E-state index is 0.000242. The van der Waals surface area contributed by atoms with Crippen molar-refractivity contribution in [3.8, 4) is 5.75 Å². The molecule has 2 aromatic carbocycles. The van der Waals surface area contributed by atoms with Gasteiger partial charge in [-0.1, -0.05) is 18.2 Å². The molecule has 1 saturated carbocycles. The lowest BCUT2D eigenvalue weighted by molar-refractivity contribution is -0.143. The zero-order chi connectivity index (χ0) is 24.2. The van der Waals surface area contributed by atoms with E-state index in [9.17, 15) is 36.2 Å². The molecule has 3 rings (SSSR count). The SMILES string of the molecule is O=C(NC[C@H]1CC[C@@H](NCc2ccccc2O)CC1)c1cc(C(F)(F)F)cc(C(F)(F)F)c1. The average Bonchev–Trinajstić information content (AvgIpc) is 2.76. The quantitative estimate of drug-likeness (QED) is 0.484. The number of alkyl halides is 6. The number of hydrogen-bond donors (Lipinski definition) is 3. The number of para-hydroxylation sites is 1. The molecule has 0 heterocycles. The second-order valence-corrected chi connectivity index (χ2v) is 8.23. The van der Waals surface area contributed by atoms with Gasteiger partial charge in [-0.3, -0.25) is 4.79 Å². The number of carbonyl (C=O) groups excluding carboxylic acids is 1. The second kappa shape index (κ2) is 10.0. The molecular weight excluding hydrogens is 450 g/mol. The molecule has 0 aromatic heterocycles. The predicted octanol–water partition coefficient (Wildman–Crippen LogP) is 5.51. The van der Waals surface area contributed by atoms with Crippen LogP contribution in [-0.2, 0) is 18.9 Å². The van der Waals surface area contributed by atoms with Gasteiger partial charge in [0.1, 0.15) is 5.75 Å². The van der Waals surface area contributed by atoms with Crippen molar-refractivity contribution in [1.82, 2.24) is 10.6 Å². The molecular formula is C23H24F6N2O2. The molecule has 0 radical (unpaired) electrons. The fourth-order valence-corrected chi connectivity index (χ4v) is 3.91. The molecule has 0 spiro atoms. The van der Waals surface area contributed by atoms with E-state index >= 15 is 0 Å². The predicted molar refractivity (Wildman–Crippen MR) is 109 cm³/mol. The van der Waals surface area contributed by atoms with E-state index in [4.69, 9.17) is 0 Å². The number of aromatic hydroxyl groups is 1. The van der Waals surface area contributed by atoms with Crippen LogP contribution in [0.15, 0.2) is 42.5 Å². The topological polar surface area (TPSA) is 61.4 Å². The monoisotopic (exact) mass is 474 g/mol. The maximum Gasteiger partial charge on any atom is 0.416 e. The van der Waals surface area contributed by atoms with Crippen LogP contribution in [0.1, 0.15) is 52.7 Å². The Morgan fingerprint density at radius 1 is 0.909 bits per heavy atom. The third kappa shape index (κ3) is 6.86. The Morgan fingerprint density at radius 2 is 1.48 bits per heavy atom. The summed E-state index contributed by atoms with van der Waals surface area (Å²) in [5, 5.41) is 15.7. The molecule has 0 bridgehead atoms. The highest BCUT2D eigenvalue weighted by atomic mass is 19.4. The van der Waals surface area contributed by atoms with Crippen LogP contribution in [0.3, 0.4) is 0 Å². The van der Waals surface area contributed by atoms with E-state index in [0.29, 0.717) is 18.7 Å². The van der Waals surface area contributed by atoms with Crippen LogP contribution >= 0.6 is 0 Å². The number of benzene rings is 2. The Morgan fingerprint density at radius 3 is 2.03 bits per heavy atom. The first-order valence-electron chi connectivity index (χ1n) is 10.5. The number of nitrogens with one attached hydrogen (secondary N) is 2. The molecule has 0 atom stereocenters. The van der Waals surface area contributed by atoms with E-state index < -0.39 is 35.0 Å². The lowest BCUT2D eigenvalue weighted by atomic mass is 9.86. The minimum atomic E-state index is -5.00. The summed E-state index contributed by atoms with van der Waals surface area (Å²) in [7, 11) is 0. The van der Waals surface area contributed by atoms with Crippen molar-refractivity contribution in [2.45, 2.75) is 50.6 Å². The number of rotatable bonds is 6. The van der Waals surface area contributed by atoms with E-state index in [-0.39, 0.29) is 30.3 Å². The lowest BCUT2D eigenvalue weighted by Gasteiger charge is -2.29. The number of phenolic OH excluding ortho intramolecular Hbond substituents is 1. The number of carbonyl (C=O) groups is 1. The fourth-order valence-electron chi connectivity index (χ4n) is 3.91. The van der Waals surface area contributed by atoms with Gasteiger partial charge >= 0.3 is 12.4 Å². The maximum absolute atomic E-state index is 13.0. The summed E-state index contributed by atoms with van der Waals surface area (Å²) in [5.74, 6) is -0.680. The Kier molecular flexibility index (Phi) is 7.56. The smallest absolute Gasteiger partial charge is 0.416 e. The molecule has 180 valence electrons. The summed E-state index contributed by atoms with van der Waals surface area (Å²) in [6.45, 7) is 0.679. The van der Waals surface area contributed by atoms with Crippen LogP contribution in [0.25, 0.3) is 0 Å². The molecule has 1 fully saturated rings. The summed E-state index contributed by atoms with van der Waals surface area (Å²) < 4.78 is 77.9. The van der Waals surface area contributed by atoms with Crippen LogP contribution in [0, 0.1) is 5.92 Å². The van der Waals surface area contributed by atoms with Gasteiger partial charge < -0.3 is 15.7 Å². The van der Waals surface area contributed by atoms with Crippen LogP contribution in [0.2, 0.25) is 0 Å². The van der Waals surface area contributed by atoms with Gasteiger partial charge in [0, 0.05) is 30.3 Å². The number of hydrogen-bond acceptors (Lipinski definition) is 3. The Balaban J connectivity index is 1.53. The minimum Gasteiger partial charge on any atom is -0.508 e. The van der Waals surface area contributed by atoms with Crippen molar-refractivity contribution in [3.05, 3.63) is 64.7 Å². The summed E-state index contributed by atoms with van der Waals surface area (Å²) in [4.78, 5) is 12.3. The highest BCUT2D eigenvalue weighted by Crippen LogP contribution is 2.36. The molecule has 33 heavy (non-hydrogen) atoms. The van der Waals surface area contributed by atoms with Crippen LogP contribution in [-0.4, -0.2) is 23.6 Å². The maximum atomic E-state index is 13.0. The molecule has 1 amide bonds. The first-order valence-corrected chi connectivity index (χ1v) is 10.5. The molecule has 0 aliphatic heterocycles. The third-order valence-electron chi connectivity index (χ3n) is 5.82. The highest BCUT2D eigenvalue weighted by Gasteiger charge is 2.37. The van der Waals surface area contributed by atoms with E-state index in [1.807, 2.05) is 12.1 Å². The van der Waals surface area contributed by atoms with Gasteiger partial charge in [-0.25, -0.2) is 0 Å². The molecule has 0 unspecified atom stereocenters. The van der Waals surface area contributed by atoms with Gasteiger partial charge in [-0.15, -0.1) is 0 Å². The first kappa shape index (κ1) is 24.9. The fraction of sp³-hybridized carbons (Fsp3) is 0.435. The standard InChI is InChI=1S/C23H24F6N2O2/c24-22(25,26)17-9-16(10-18(11-17)23(27,28)29)21(33)31-12-14-5-7-19(8-6-14)30-13-15-3-1-2-4-20(15)32/h1-4,9-11,14,19,30,32H,5-8,12-13H2,(H,31,33)/t14-,19+. The molecule has 1 aliphatic rings. The molecule has 1 aliphatic carbocycles. The van der Waals surface area contributed by atoms with Gasteiger partial charge in [0.15, 0.2) is 0 Å². The molecule has 2 aromatic rings. The number of phenols is 1. The Bertz CT molecular complexity index is 934. The molecule has 10 heteroatoms. The van der Waals surface area contributed by atoms with E-state index in [2.05, 4.69) is 10.6 Å². The van der Waals surface area contributed by atoms with Crippen molar-refractivity contribution >= 4 is 5.91 Å². The zero-order valence-corrected chi connectivity index (χ0v) is 17.6. The van der Waals surface area contributed by atoms with Crippen LogP contribution in [0.5, 0.6) is 5.75 Å². The van der Waals surface area contributed by atoms with Gasteiger partial charge in [-0.05, 0) is 55.9 Å². The Hall–Kier alpha value is -2.75. The highest BCUT2D eigenvalue weighted by molar-refractivity contribution is 5.94. The molecule has 0 saturated heterocycles. The van der Waals surface area contributed by atoms with Gasteiger partial charge in [0.2, 0.25) is 0 Å². The van der Waals surface area contributed by atoms with Crippen molar-refractivity contribution in [2.75, 3.05) is 6.54 Å². The number of amides is 1. The van der Waals surface area contributed by atoms with E-state index in [1.54, 1.807) is 12.1 Å². The van der Waals surface area contributed by atoms with Crippen molar-refractivity contribution in [2.24, 2.45) is 5.92 Å². The summed E-state index contributed by atoms with van der Waals surface area (Å²) >= 11 is 0. The number of halogens is 6. The first-order chi connectivity index (χ1) is 15.4. The molecule has 3 N–H and O–H groups in total. The van der Waals surface area contributed by atoms with Gasteiger partial charge in [0.05, 0.1) is 11.1 Å². The molecule has 4 nitrogen and oxygen atoms in total. The van der Waals surface area contributed by atoms with E-state index in [1.165, 1.54) is 0 Å². The van der Waals surface area contributed by atoms with Crippen LogP contribution in [0.4, 0.5) is 26.3 Å². The Labute approximate surface area is 187 Å². The van der Waals surface area contributed by atoms with Crippen molar-refractivity contribution < 1.29 is 36.2 Å². The normalized spacial score (nSPS) is 19.3. The second-order valence-electron chi connectivity index (χ2n) is 8.23. The van der Waals surface area contributed by atoms with Gasteiger partial charge in [0.25, 0.3) is 5.91 Å².